The van der Waals surface area contributed by atoms with Crippen molar-refractivity contribution in [1.82, 2.24) is 9.88 Å². The van der Waals surface area contributed by atoms with Crippen LogP contribution in [0.25, 0.3) is 0 Å². The lowest BCUT2D eigenvalue weighted by atomic mass is 10.2. The molecule has 0 unspecified atom stereocenters. The van der Waals surface area contributed by atoms with E-state index < -0.39 is 0 Å². The molecule has 0 bridgehead atoms. The third-order valence-electron chi connectivity index (χ3n) is 2.48. The highest BCUT2D eigenvalue weighted by Crippen LogP contribution is 2.21. The molecular weight excluding hydrogens is 275 g/mol. The van der Waals surface area contributed by atoms with Gasteiger partial charge in [-0.1, -0.05) is 23.2 Å². The van der Waals surface area contributed by atoms with Crippen molar-refractivity contribution in [2.75, 3.05) is 13.2 Å². The molecule has 18 heavy (non-hydrogen) atoms. The lowest BCUT2D eigenvalue weighted by Crippen LogP contribution is -2.38. The van der Waals surface area contributed by atoms with Gasteiger partial charge in [0.2, 0.25) is 0 Å². The molecule has 0 aliphatic carbocycles. The van der Waals surface area contributed by atoms with Gasteiger partial charge in [0, 0.05) is 25.4 Å². The Kier molecular flexibility index (Phi) is 5.85. The number of carbonyl (C=O) groups excluding carboxylic acids is 1. The Bertz CT molecular complexity index is 425. The summed E-state index contributed by atoms with van der Waals surface area (Å²) in [7, 11) is 0. The molecular formula is C12H16Cl2N2O2. The second kappa shape index (κ2) is 6.92. The minimum atomic E-state index is -0.162. The maximum Gasteiger partial charge on any atom is 0.255 e. The molecule has 0 radical (unpaired) electrons. The van der Waals surface area contributed by atoms with Gasteiger partial charge >= 0.3 is 0 Å². The van der Waals surface area contributed by atoms with E-state index in [1.807, 2.05) is 13.8 Å². The monoisotopic (exact) mass is 290 g/mol. The summed E-state index contributed by atoms with van der Waals surface area (Å²) < 4.78 is 0. The number of pyridine rings is 1. The fraction of sp³-hybridized carbons (Fsp3) is 0.500. The van der Waals surface area contributed by atoms with Crippen LogP contribution in [0.1, 0.15) is 30.6 Å². The largest absolute Gasteiger partial charge is 0.396 e. The summed E-state index contributed by atoms with van der Waals surface area (Å²) in [5.74, 6) is -0.162. The number of carbonyl (C=O) groups is 1. The normalized spacial score (nSPS) is 10.8. The number of aliphatic hydroxyl groups is 1. The minimum Gasteiger partial charge on any atom is -0.396 e. The molecule has 4 nitrogen and oxygen atoms in total. The maximum absolute atomic E-state index is 12.3. The molecule has 6 heteroatoms. The molecule has 0 atom stereocenters. The summed E-state index contributed by atoms with van der Waals surface area (Å²) in [6.07, 6.45) is 1.95. The zero-order valence-corrected chi connectivity index (χ0v) is 11.9. The van der Waals surface area contributed by atoms with Gasteiger partial charge < -0.3 is 10.0 Å². The van der Waals surface area contributed by atoms with Gasteiger partial charge in [-0.05, 0) is 26.3 Å². The van der Waals surface area contributed by atoms with Gasteiger partial charge in [0.25, 0.3) is 5.91 Å². The van der Waals surface area contributed by atoms with Crippen molar-refractivity contribution in [3.8, 4) is 0 Å². The van der Waals surface area contributed by atoms with Crippen LogP contribution in [-0.4, -0.2) is 40.1 Å². The lowest BCUT2D eigenvalue weighted by Gasteiger charge is -2.26. The number of hydrogen-bond acceptors (Lipinski definition) is 3. The van der Waals surface area contributed by atoms with E-state index >= 15 is 0 Å². The topological polar surface area (TPSA) is 53.4 Å². The Balaban J connectivity index is 2.91. The SMILES string of the molecule is CC(C)N(CCCO)C(=O)c1cnc(Cl)c(Cl)c1. The first-order valence-corrected chi connectivity index (χ1v) is 6.45. The van der Waals surface area contributed by atoms with E-state index in [0.29, 0.717) is 18.5 Å². The van der Waals surface area contributed by atoms with E-state index in [1.54, 1.807) is 4.90 Å². The van der Waals surface area contributed by atoms with Gasteiger partial charge in [0.1, 0.15) is 5.15 Å². The maximum atomic E-state index is 12.3. The van der Waals surface area contributed by atoms with Crippen molar-refractivity contribution in [3.63, 3.8) is 0 Å². The number of rotatable bonds is 5. The quantitative estimate of drug-likeness (QED) is 0.848. The van der Waals surface area contributed by atoms with Gasteiger partial charge in [-0.2, -0.15) is 0 Å². The zero-order valence-electron chi connectivity index (χ0n) is 10.4. The highest BCUT2D eigenvalue weighted by Gasteiger charge is 2.19. The van der Waals surface area contributed by atoms with E-state index in [9.17, 15) is 4.79 Å². The molecule has 1 amide bonds. The molecule has 0 aliphatic heterocycles. The van der Waals surface area contributed by atoms with Gasteiger partial charge in [0.15, 0.2) is 0 Å². The summed E-state index contributed by atoms with van der Waals surface area (Å²) in [4.78, 5) is 17.8. The van der Waals surface area contributed by atoms with Gasteiger partial charge in [-0.15, -0.1) is 0 Å². The van der Waals surface area contributed by atoms with Gasteiger partial charge in [-0.3, -0.25) is 4.79 Å². The summed E-state index contributed by atoms with van der Waals surface area (Å²) in [5, 5.41) is 9.28. The van der Waals surface area contributed by atoms with E-state index in [2.05, 4.69) is 4.98 Å². The number of halogens is 2. The number of aliphatic hydroxyl groups excluding tert-OH is 1. The molecule has 0 saturated carbocycles. The second-order valence-electron chi connectivity index (χ2n) is 4.17. The number of hydrogen-bond donors (Lipinski definition) is 1. The van der Waals surface area contributed by atoms with Crippen molar-refractivity contribution in [3.05, 3.63) is 28.0 Å². The molecule has 0 fully saturated rings. The average molecular weight is 291 g/mol. The molecule has 100 valence electrons. The second-order valence-corrected chi connectivity index (χ2v) is 4.93. The lowest BCUT2D eigenvalue weighted by molar-refractivity contribution is 0.0692. The predicted molar refractivity (Wildman–Crippen MR) is 72.1 cm³/mol. The van der Waals surface area contributed by atoms with Crippen LogP contribution in [0.5, 0.6) is 0 Å². The van der Waals surface area contributed by atoms with E-state index in [0.717, 1.165) is 0 Å². The molecule has 1 heterocycles. The third kappa shape index (κ3) is 3.83. The Morgan fingerprint density at radius 2 is 2.17 bits per heavy atom. The van der Waals surface area contributed by atoms with Crippen LogP contribution in [0.3, 0.4) is 0 Å². The molecule has 1 N–H and O–H groups in total. The molecule has 1 rings (SSSR count). The van der Waals surface area contributed by atoms with Crippen molar-refractivity contribution in [1.29, 1.82) is 0 Å². The summed E-state index contributed by atoms with van der Waals surface area (Å²) in [6, 6.07) is 1.55. The van der Waals surface area contributed by atoms with Crippen LogP contribution in [0.2, 0.25) is 10.2 Å². The Labute approximate surface area is 117 Å². The van der Waals surface area contributed by atoms with Crippen molar-refractivity contribution >= 4 is 29.1 Å². The van der Waals surface area contributed by atoms with E-state index in [-0.39, 0.29) is 28.7 Å². The number of nitrogens with zero attached hydrogens (tertiary/aromatic N) is 2. The fourth-order valence-electron chi connectivity index (χ4n) is 1.54. The molecule has 0 spiro atoms. The minimum absolute atomic E-state index is 0.0403. The summed E-state index contributed by atoms with van der Waals surface area (Å²) in [5.41, 5.74) is 0.399. The zero-order chi connectivity index (χ0) is 13.7. The number of amides is 1. The first-order valence-electron chi connectivity index (χ1n) is 5.70. The predicted octanol–water partition coefficient (Wildman–Crippen LogP) is 2.62. The first-order chi connectivity index (χ1) is 8.47. The van der Waals surface area contributed by atoms with Crippen LogP contribution in [0.15, 0.2) is 12.3 Å². The van der Waals surface area contributed by atoms with Crippen LogP contribution < -0.4 is 0 Å². The molecule has 1 aromatic rings. The Hall–Kier alpha value is -0.840. The van der Waals surface area contributed by atoms with E-state index in [1.165, 1.54) is 12.3 Å². The Morgan fingerprint density at radius 3 is 2.67 bits per heavy atom. The summed E-state index contributed by atoms with van der Waals surface area (Å²) in [6.45, 7) is 4.38. The van der Waals surface area contributed by atoms with Gasteiger partial charge in [-0.25, -0.2) is 4.98 Å². The highest BCUT2D eigenvalue weighted by molar-refractivity contribution is 6.41. The fourth-order valence-corrected chi connectivity index (χ4v) is 1.81. The van der Waals surface area contributed by atoms with Gasteiger partial charge in [0.05, 0.1) is 10.6 Å². The van der Waals surface area contributed by atoms with Crippen LogP contribution in [-0.2, 0) is 0 Å². The van der Waals surface area contributed by atoms with Crippen LogP contribution >= 0.6 is 23.2 Å². The van der Waals surface area contributed by atoms with Crippen molar-refractivity contribution in [2.45, 2.75) is 26.3 Å². The molecule has 0 aromatic carbocycles. The third-order valence-corrected chi connectivity index (χ3v) is 3.17. The molecule has 0 saturated heterocycles. The van der Waals surface area contributed by atoms with Crippen molar-refractivity contribution < 1.29 is 9.90 Å². The smallest absolute Gasteiger partial charge is 0.255 e. The average Bonchev–Trinajstić information content (AvgIpc) is 2.32. The standard InChI is InChI=1S/C12H16Cl2N2O2/c1-8(2)16(4-3-5-17)12(18)9-6-10(13)11(14)15-7-9/h6-8,17H,3-5H2,1-2H3. The Morgan fingerprint density at radius 1 is 1.50 bits per heavy atom. The highest BCUT2D eigenvalue weighted by atomic mass is 35.5. The van der Waals surface area contributed by atoms with Crippen molar-refractivity contribution in [2.24, 2.45) is 0 Å². The van der Waals surface area contributed by atoms with E-state index in [4.69, 9.17) is 28.3 Å². The summed E-state index contributed by atoms with van der Waals surface area (Å²) >= 11 is 11.6. The van der Waals surface area contributed by atoms with Crippen LogP contribution in [0, 0.1) is 0 Å². The first kappa shape index (κ1) is 15.2. The number of aromatic nitrogens is 1. The molecule has 0 aliphatic rings. The van der Waals surface area contributed by atoms with Crippen LogP contribution in [0.4, 0.5) is 0 Å². The molecule has 1 aromatic heterocycles.